The molecule has 0 spiro atoms. The third-order valence-electron chi connectivity index (χ3n) is 4.85. The fraction of sp³-hybridized carbons (Fsp3) is 0.0870. The van der Waals surface area contributed by atoms with Gasteiger partial charge in [0.15, 0.2) is 0 Å². The summed E-state index contributed by atoms with van der Waals surface area (Å²) < 4.78 is 1.73. The molecule has 0 saturated heterocycles. The molecule has 4 rings (SSSR count). The third-order valence-corrected chi connectivity index (χ3v) is 5.91. The quantitative estimate of drug-likeness (QED) is 0.475. The number of para-hydroxylation sites is 2. The monoisotopic (exact) mass is 541 g/mol. The minimum absolute atomic E-state index is 0.182. The molecule has 1 aliphatic rings. The van der Waals surface area contributed by atoms with Gasteiger partial charge >= 0.3 is 0 Å². The van der Waals surface area contributed by atoms with Gasteiger partial charge in [-0.25, -0.2) is 0 Å². The number of carbonyl (C=O) groups is 3. The summed E-state index contributed by atoms with van der Waals surface area (Å²) in [6.45, 7) is 0. The molecule has 0 aliphatic carbocycles. The number of nitrogens with one attached hydrogen (secondary N) is 2. The average Bonchev–Trinajstić information content (AvgIpc) is 2.76. The van der Waals surface area contributed by atoms with Crippen molar-refractivity contribution in [1.82, 2.24) is 0 Å². The SMILES string of the molecule is O=C(C[C@@H]1C(=O)Nc2ccccc2N1C(=O)c1ccc(Br)cc1)Nc1ccc(Br)cc1. The van der Waals surface area contributed by atoms with Crippen molar-refractivity contribution < 1.29 is 14.4 Å². The van der Waals surface area contributed by atoms with Crippen molar-refractivity contribution in [3.63, 3.8) is 0 Å². The number of hydrogen-bond acceptors (Lipinski definition) is 3. The van der Waals surface area contributed by atoms with E-state index in [1.165, 1.54) is 4.90 Å². The molecule has 156 valence electrons. The van der Waals surface area contributed by atoms with Crippen molar-refractivity contribution in [2.75, 3.05) is 15.5 Å². The number of hydrogen-bond donors (Lipinski definition) is 2. The molecule has 1 aliphatic heterocycles. The van der Waals surface area contributed by atoms with Gasteiger partial charge in [-0.15, -0.1) is 0 Å². The van der Waals surface area contributed by atoms with Crippen LogP contribution in [0.2, 0.25) is 0 Å². The van der Waals surface area contributed by atoms with Crippen LogP contribution in [0.1, 0.15) is 16.8 Å². The molecule has 8 heteroatoms. The van der Waals surface area contributed by atoms with Gasteiger partial charge in [-0.05, 0) is 60.7 Å². The number of carbonyl (C=O) groups excluding carboxylic acids is 3. The summed E-state index contributed by atoms with van der Waals surface area (Å²) in [5, 5.41) is 5.59. The second kappa shape index (κ2) is 9.03. The van der Waals surface area contributed by atoms with Crippen LogP contribution in [0.25, 0.3) is 0 Å². The molecule has 1 atom stereocenters. The van der Waals surface area contributed by atoms with E-state index in [4.69, 9.17) is 0 Å². The topological polar surface area (TPSA) is 78.5 Å². The predicted octanol–water partition coefficient (Wildman–Crippen LogP) is 5.21. The van der Waals surface area contributed by atoms with Crippen molar-refractivity contribution >= 4 is 66.6 Å². The summed E-state index contributed by atoms with van der Waals surface area (Å²) in [6, 6.07) is 20.1. The molecule has 3 aromatic carbocycles. The Kier molecular flexibility index (Phi) is 6.20. The van der Waals surface area contributed by atoms with Crippen LogP contribution in [0, 0.1) is 0 Å². The molecular weight excluding hydrogens is 526 g/mol. The van der Waals surface area contributed by atoms with E-state index in [1.54, 1.807) is 60.7 Å². The van der Waals surface area contributed by atoms with E-state index in [2.05, 4.69) is 42.5 Å². The lowest BCUT2D eigenvalue weighted by atomic mass is 10.0. The molecule has 0 saturated carbocycles. The number of fused-ring (bicyclic) bond motifs is 1. The summed E-state index contributed by atoms with van der Waals surface area (Å²) in [5.74, 6) is -1.12. The molecule has 31 heavy (non-hydrogen) atoms. The Morgan fingerprint density at radius 3 is 2.19 bits per heavy atom. The van der Waals surface area contributed by atoms with E-state index in [9.17, 15) is 14.4 Å². The van der Waals surface area contributed by atoms with E-state index in [0.29, 0.717) is 22.6 Å². The standard InChI is InChI=1S/C23H17Br2N3O3/c24-15-7-5-14(6-8-15)23(31)28-19-4-2-1-3-18(19)27-22(30)20(28)13-21(29)26-17-11-9-16(25)10-12-17/h1-12,20H,13H2,(H,26,29)(H,27,30)/t20-/m1/s1. The fourth-order valence-corrected chi connectivity index (χ4v) is 3.91. The smallest absolute Gasteiger partial charge is 0.259 e. The zero-order chi connectivity index (χ0) is 22.0. The van der Waals surface area contributed by atoms with Gasteiger partial charge in [-0.2, -0.15) is 0 Å². The van der Waals surface area contributed by atoms with Crippen LogP contribution >= 0.6 is 31.9 Å². The van der Waals surface area contributed by atoms with Crippen LogP contribution in [0.5, 0.6) is 0 Å². The predicted molar refractivity (Wildman–Crippen MR) is 127 cm³/mol. The summed E-state index contributed by atoms with van der Waals surface area (Å²) in [4.78, 5) is 40.4. The molecule has 0 aromatic heterocycles. The third kappa shape index (κ3) is 4.70. The van der Waals surface area contributed by atoms with Gasteiger partial charge in [-0.3, -0.25) is 19.3 Å². The van der Waals surface area contributed by atoms with Gasteiger partial charge in [0, 0.05) is 20.2 Å². The van der Waals surface area contributed by atoms with Crippen LogP contribution in [0.4, 0.5) is 17.1 Å². The number of anilines is 3. The average molecular weight is 543 g/mol. The largest absolute Gasteiger partial charge is 0.326 e. The molecule has 3 aromatic rings. The molecule has 0 radical (unpaired) electrons. The van der Waals surface area contributed by atoms with Crippen LogP contribution in [0.3, 0.4) is 0 Å². The van der Waals surface area contributed by atoms with Crippen LogP contribution in [-0.2, 0) is 9.59 Å². The van der Waals surface area contributed by atoms with Crippen LogP contribution in [0.15, 0.2) is 81.7 Å². The molecule has 6 nitrogen and oxygen atoms in total. The maximum atomic E-state index is 13.4. The second-order valence-corrected chi connectivity index (χ2v) is 8.79. The van der Waals surface area contributed by atoms with Gasteiger partial charge in [0.1, 0.15) is 6.04 Å². The van der Waals surface area contributed by atoms with Gasteiger partial charge in [0.25, 0.3) is 5.91 Å². The normalized spacial score (nSPS) is 15.1. The Balaban J connectivity index is 1.64. The second-order valence-electron chi connectivity index (χ2n) is 6.96. The summed E-state index contributed by atoms with van der Waals surface area (Å²) in [7, 11) is 0. The lowest BCUT2D eigenvalue weighted by molar-refractivity contribution is -0.122. The molecule has 2 N–H and O–H groups in total. The molecule has 3 amide bonds. The fourth-order valence-electron chi connectivity index (χ4n) is 3.38. The van der Waals surface area contributed by atoms with E-state index < -0.39 is 11.9 Å². The molecule has 0 bridgehead atoms. The van der Waals surface area contributed by atoms with Gasteiger partial charge < -0.3 is 10.6 Å². The van der Waals surface area contributed by atoms with E-state index in [0.717, 1.165) is 8.95 Å². The first kappa shape index (κ1) is 21.3. The summed E-state index contributed by atoms with van der Waals surface area (Å²) in [5.41, 5.74) is 2.11. The van der Waals surface area contributed by atoms with Gasteiger partial charge in [0.2, 0.25) is 11.8 Å². The molecular formula is C23H17Br2N3O3. The number of amides is 3. The van der Waals surface area contributed by atoms with E-state index >= 15 is 0 Å². The lowest BCUT2D eigenvalue weighted by Crippen LogP contribution is -2.52. The van der Waals surface area contributed by atoms with Crippen molar-refractivity contribution in [2.45, 2.75) is 12.5 Å². The maximum Gasteiger partial charge on any atom is 0.259 e. The zero-order valence-corrected chi connectivity index (χ0v) is 19.3. The molecule has 1 heterocycles. The van der Waals surface area contributed by atoms with Crippen molar-refractivity contribution in [3.8, 4) is 0 Å². The van der Waals surface area contributed by atoms with Crippen molar-refractivity contribution in [3.05, 3.63) is 87.3 Å². The first-order valence-corrected chi connectivity index (χ1v) is 11.1. The summed E-state index contributed by atoms with van der Waals surface area (Å²) in [6.07, 6.45) is -0.182. The maximum absolute atomic E-state index is 13.4. The molecule has 0 fully saturated rings. The number of rotatable bonds is 4. The highest BCUT2D eigenvalue weighted by Crippen LogP contribution is 2.34. The minimum Gasteiger partial charge on any atom is -0.326 e. The van der Waals surface area contributed by atoms with Crippen LogP contribution < -0.4 is 15.5 Å². The highest BCUT2D eigenvalue weighted by Gasteiger charge is 2.38. The van der Waals surface area contributed by atoms with Crippen molar-refractivity contribution in [1.29, 1.82) is 0 Å². The number of halogens is 2. The van der Waals surface area contributed by atoms with Crippen LogP contribution in [-0.4, -0.2) is 23.8 Å². The Morgan fingerprint density at radius 1 is 0.903 bits per heavy atom. The van der Waals surface area contributed by atoms with E-state index in [1.807, 2.05) is 12.1 Å². The van der Waals surface area contributed by atoms with Gasteiger partial charge in [-0.1, -0.05) is 44.0 Å². The zero-order valence-electron chi connectivity index (χ0n) is 16.1. The Labute approximate surface area is 195 Å². The Hall–Kier alpha value is -2.97. The summed E-state index contributed by atoms with van der Waals surface area (Å²) >= 11 is 6.71. The highest BCUT2D eigenvalue weighted by atomic mass is 79.9. The van der Waals surface area contributed by atoms with Crippen molar-refractivity contribution in [2.24, 2.45) is 0 Å². The van der Waals surface area contributed by atoms with Gasteiger partial charge in [0.05, 0.1) is 17.8 Å². The highest BCUT2D eigenvalue weighted by molar-refractivity contribution is 9.10. The van der Waals surface area contributed by atoms with E-state index in [-0.39, 0.29) is 18.2 Å². The Morgan fingerprint density at radius 2 is 1.52 bits per heavy atom. The lowest BCUT2D eigenvalue weighted by Gasteiger charge is -2.36. The first-order chi connectivity index (χ1) is 14.9. The number of benzene rings is 3. The number of nitrogens with zero attached hydrogens (tertiary/aromatic N) is 1. The molecule has 0 unspecified atom stereocenters. The minimum atomic E-state index is -0.985. The first-order valence-electron chi connectivity index (χ1n) is 9.47. The Bertz CT molecular complexity index is 1150.